The number of rotatable bonds is 6. The summed E-state index contributed by atoms with van der Waals surface area (Å²) in [6, 6.07) is 9.66. The predicted molar refractivity (Wildman–Crippen MR) is 108 cm³/mol. The largest absolute Gasteiger partial charge is 0.322 e. The molecule has 1 amide bonds. The molecular weight excluding hydrogens is 358 g/mol. The molecule has 1 N–H and O–H groups in total. The van der Waals surface area contributed by atoms with Crippen LogP contribution in [-0.4, -0.2) is 31.9 Å². The molecule has 0 fully saturated rings. The molecule has 2 heterocycles. The van der Waals surface area contributed by atoms with Gasteiger partial charge in [0.25, 0.3) is 5.91 Å². The van der Waals surface area contributed by atoms with Crippen molar-refractivity contribution < 1.29 is 4.79 Å². The summed E-state index contributed by atoms with van der Waals surface area (Å²) < 4.78 is 1.84. The van der Waals surface area contributed by atoms with Gasteiger partial charge in [-0.2, -0.15) is 5.10 Å². The van der Waals surface area contributed by atoms with Crippen molar-refractivity contribution in [3.05, 3.63) is 65.4 Å². The topological polar surface area (TPSA) is 72.7 Å². The van der Waals surface area contributed by atoms with Crippen molar-refractivity contribution in [1.82, 2.24) is 19.7 Å². The first-order chi connectivity index (χ1) is 13.0. The Hall–Kier alpha value is -2.67. The van der Waals surface area contributed by atoms with Gasteiger partial charge in [-0.15, -0.1) is 11.8 Å². The molecule has 0 saturated carbocycles. The Kier molecular flexibility index (Phi) is 5.91. The Morgan fingerprint density at radius 2 is 2.07 bits per heavy atom. The molecule has 27 heavy (non-hydrogen) atoms. The van der Waals surface area contributed by atoms with E-state index in [1.165, 1.54) is 11.8 Å². The Morgan fingerprint density at radius 1 is 1.26 bits per heavy atom. The van der Waals surface area contributed by atoms with E-state index in [0.717, 1.165) is 17.1 Å². The van der Waals surface area contributed by atoms with E-state index in [4.69, 9.17) is 0 Å². The molecule has 0 aliphatic carbocycles. The van der Waals surface area contributed by atoms with Crippen LogP contribution in [0.3, 0.4) is 0 Å². The van der Waals surface area contributed by atoms with Gasteiger partial charge >= 0.3 is 0 Å². The second-order valence-corrected chi connectivity index (χ2v) is 7.36. The van der Waals surface area contributed by atoms with Crippen LogP contribution >= 0.6 is 11.8 Å². The van der Waals surface area contributed by atoms with Crippen molar-refractivity contribution >= 4 is 23.4 Å². The van der Waals surface area contributed by atoms with E-state index in [1.54, 1.807) is 6.20 Å². The highest BCUT2D eigenvalue weighted by Crippen LogP contribution is 2.24. The van der Waals surface area contributed by atoms with Crippen molar-refractivity contribution in [3.63, 3.8) is 0 Å². The molecule has 2 aromatic heterocycles. The van der Waals surface area contributed by atoms with Crippen LogP contribution in [0.1, 0.15) is 47.2 Å². The molecule has 0 spiro atoms. The fourth-order valence-corrected chi connectivity index (χ4v) is 3.39. The Labute approximate surface area is 163 Å². The van der Waals surface area contributed by atoms with Crippen LogP contribution < -0.4 is 5.32 Å². The molecule has 0 aliphatic heterocycles. The normalized spacial score (nSPS) is 11.0. The summed E-state index contributed by atoms with van der Waals surface area (Å²) in [5.74, 6) is 0.781. The molecular formula is C20H23N5OS. The molecule has 3 rings (SSSR count). The lowest BCUT2D eigenvalue weighted by molar-refractivity contribution is 0.102. The fraction of sp³-hybridized carbons (Fsp3) is 0.300. The maximum absolute atomic E-state index is 12.9. The molecule has 0 aliphatic rings. The number of anilines is 1. The molecule has 6 nitrogen and oxygen atoms in total. The minimum Gasteiger partial charge on any atom is -0.322 e. The number of carbonyl (C=O) groups is 1. The quantitative estimate of drug-likeness (QED) is 0.513. The van der Waals surface area contributed by atoms with Crippen LogP contribution in [0.5, 0.6) is 0 Å². The zero-order valence-corrected chi connectivity index (χ0v) is 16.7. The smallest absolute Gasteiger partial charge is 0.260 e. The number of aryl methyl sites for hydroxylation is 1. The van der Waals surface area contributed by atoms with Crippen LogP contribution in [0, 0.1) is 6.92 Å². The number of thioether (sulfide) groups is 1. The van der Waals surface area contributed by atoms with Gasteiger partial charge in [-0.05, 0) is 36.9 Å². The first-order valence-corrected chi connectivity index (χ1v) is 10.0. The first-order valence-electron chi connectivity index (χ1n) is 8.78. The number of amides is 1. The SMILES string of the molecule is CSc1nc(C(C)C)nc(C)c1C(=O)Nc1cccc(Cn2cccn2)c1. The standard InChI is InChI=1S/C20H23N5OS/c1-13(2)18-22-14(3)17(20(24-18)27-4)19(26)23-16-8-5-7-15(11-16)12-25-10-6-9-21-25/h5-11,13H,12H2,1-4H3,(H,23,26). The minimum atomic E-state index is -0.191. The number of carbonyl (C=O) groups excluding carboxylic acids is 1. The summed E-state index contributed by atoms with van der Waals surface area (Å²) in [5.41, 5.74) is 3.03. The lowest BCUT2D eigenvalue weighted by Crippen LogP contribution is -2.18. The molecule has 0 atom stereocenters. The van der Waals surface area contributed by atoms with Crippen molar-refractivity contribution in [2.75, 3.05) is 11.6 Å². The Balaban J connectivity index is 1.83. The molecule has 7 heteroatoms. The number of aromatic nitrogens is 4. The van der Waals surface area contributed by atoms with Crippen LogP contribution in [0.25, 0.3) is 0 Å². The Morgan fingerprint density at radius 3 is 2.74 bits per heavy atom. The summed E-state index contributed by atoms with van der Waals surface area (Å²) in [4.78, 5) is 22.0. The third-order valence-corrected chi connectivity index (χ3v) is 4.78. The number of hydrogen-bond acceptors (Lipinski definition) is 5. The van der Waals surface area contributed by atoms with Crippen LogP contribution in [0.4, 0.5) is 5.69 Å². The van der Waals surface area contributed by atoms with E-state index in [9.17, 15) is 4.79 Å². The van der Waals surface area contributed by atoms with Crippen molar-refractivity contribution in [2.45, 2.75) is 38.3 Å². The highest BCUT2D eigenvalue weighted by molar-refractivity contribution is 7.98. The van der Waals surface area contributed by atoms with E-state index < -0.39 is 0 Å². The summed E-state index contributed by atoms with van der Waals surface area (Å²) in [6.45, 7) is 6.60. The third-order valence-electron chi connectivity index (χ3n) is 4.10. The van der Waals surface area contributed by atoms with Gasteiger partial charge in [0, 0.05) is 24.0 Å². The molecule has 1 aromatic carbocycles. The summed E-state index contributed by atoms with van der Waals surface area (Å²) >= 11 is 1.46. The highest BCUT2D eigenvalue weighted by atomic mass is 32.2. The van der Waals surface area contributed by atoms with E-state index in [1.807, 2.05) is 68.2 Å². The summed E-state index contributed by atoms with van der Waals surface area (Å²) in [5, 5.41) is 7.90. The number of nitrogens with zero attached hydrogens (tertiary/aromatic N) is 4. The molecule has 3 aromatic rings. The molecule has 0 saturated heterocycles. The number of hydrogen-bond donors (Lipinski definition) is 1. The van der Waals surface area contributed by atoms with Gasteiger partial charge in [-0.1, -0.05) is 26.0 Å². The molecule has 0 bridgehead atoms. The first kappa shape index (κ1) is 19.1. The average Bonchev–Trinajstić information content (AvgIpc) is 3.14. The van der Waals surface area contributed by atoms with E-state index in [2.05, 4.69) is 20.4 Å². The van der Waals surface area contributed by atoms with Gasteiger partial charge in [0.05, 0.1) is 17.8 Å². The van der Waals surface area contributed by atoms with Crippen molar-refractivity contribution in [1.29, 1.82) is 0 Å². The molecule has 0 radical (unpaired) electrons. The maximum Gasteiger partial charge on any atom is 0.260 e. The summed E-state index contributed by atoms with van der Waals surface area (Å²) in [7, 11) is 0. The number of nitrogens with one attached hydrogen (secondary N) is 1. The fourth-order valence-electron chi connectivity index (χ4n) is 2.76. The molecule has 140 valence electrons. The average molecular weight is 382 g/mol. The minimum absolute atomic E-state index is 0.191. The second-order valence-electron chi connectivity index (χ2n) is 6.56. The third kappa shape index (κ3) is 4.54. The van der Waals surface area contributed by atoms with Gasteiger partial charge in [-0.3, -0.25) is 9.48 Å². The predicted octanol–water partition coefficient (Wildman–Crippen LogP) is 4.13. The van der Waals surface area contributed by atoms with Crippen LogP contribution in [0.15, 0.2) is 47.8 Å². The molecule has 0 unspecified atom stereocenters. The van der Waals surface area contributed by atoms with E-state index in [0.29, 0.717) is 22.8 Å². The van der Waals surface area contributed by atoms with E-state index in [-0.39, 0.29) is 11.8 Å². The zero-order valence-electron chi connectivity index (χ0n) is 15.9. The maximum atomic E-state index is 12.9. The van der Waals surface area contributed by atoms with Crippen molar-refractivity contribution in [3.8, 4) is 0 Å². The van der Waals surface area contributed by atoms with Gasteiger partial charge in [0.15, 0.2) is 0 Å². The highest BCUT2D eigenvalue weighted by Gasteiger charge is 2.19. The van der Waals surface area contributed by atoms with Gasteiger partial charge in [0.2, 0.25) is 0 Å². The lowest BCUT2D eigenvalue weighted by atomic mass is 10.1. The van der Waals surface area contributed by atoms with Crippen LogP contribution in [-0.2, 0) is 6.54 Å². The summed E-state index contributed by atoms with van der Waals surface area (Å²) in [6.07, 6.45) is 5.58. The zero-order chi connectivity index (χ0) is 19.4. The van der Waals surface area contributed by atoms with E-state index >= 15 is 0 Å². The number of benzene rings is 1. The van der Waals surface area contributed by atoms with Gasteiger partial charge in [0.1, 0.15) is 10.9 Å². The lowest BCUT2D eigenvalue weighted by Gasteiger charge is -2.14. The van der Waals surface area contributed by atoms with Crippen LogP contribution in [0.2, 0.25) is 0 Å². The van der Waals surface area contributed by atoms with Gasteiger partial charge < -0.3 is 5.32 Å². The van der Waals surface area contributed by atoms with Gasteiger partial charge in [-0.25, -0.2) is 9.97 Å². The second kappa shape index (κ2) is 8.35. The monoisotopic (exact) mass is 381 g/mol. The van der Waals surface area contributed by atoms with Crippen molar-refractivity contribution in [2.24, 2.45) is 0 Å². The Bertz CT molecular complexity index is 938.